The molecule has 2 rings (SSSR count). The van der Waals surface area contributed by atoms with Gasteiger partial charge in [-0.25, -0.2) is 4.98 Å². The summed E-state index contributed by atoms with van der Waals surface area (Å²) >= 11 is 0. The van der Waals surface area contributed by atoms with Gasteiger partial charge in [0.25, 0.3) is 0 Å². The molecule has 1 aromatic carbocycles. The average Bonchev–Trinajstić information content (AvgIpc) is 2.62. The first kappa shape index (κ1) is 10.9. The van der Waals surface area contributed by atoms with Gasteiger partial charge in [-0.05, 0) is 37.1 Å². The number of hydrogen-bond acceptors (Lipinski definition) is 2. The lowest BCUT2D eigenvalue weighted by Gasteiger charge is -2.04. The summed E-state index contributed by atoms with van der Waals surface area (Å²) < 4.78 is 1.92. The topological polar surface area (TPSA) is 34.9 Å². The standard InChI is InChI=1S/C13H16N2O/c1-4-11(16)7-15-8-14-12-5-9(2)10(3)6-13(12)15/h5-6,8H,4,7H2,1-3H3. The van der Waals surface area contributed by atoms with E-state index in [4.69, 9.17) is 0 Å². The van der Waals surface area contributed by atoms with Crippen LogP contribution in [0.5, 0.6) is 0 Å². The molecule has 0 saturated carbocycles. The zero-order valence-corrected chi connectivity index (χ0v) is 9.95. The van der Waals surface area contributed by atoms with E-state index in [1.54, 1.807) is 6.33 Å². The molecule has 0 aliphatic heterocycles. The minimum atomic E-state index is 0.234. The number of carbonyl (C=O) groups excluding carboxylic acids is 1. The van der Waals surface area contributed by atoms with Crippen molar-refractivity contribution in [1.29, 1.82) is 0 Å². The van der Waals surface area contributed by atoms with E-state index in [1.165, 1.54) is 11.1 Å². The van der Waals surface area contributed by atoms with Crippen molar-refractivity contribution < 1.29 is 4.79 Å². The van der Waals surface area contributed by atoms with Gasteiger partial charge in [-0.15, -0.1) is 0 Å². The van der Waals surface area contributed by atoms with E-state index < -0.39 is 0 Å². The average molecular weight is 216 g/mol. The molecule has 0 N–H and O–H groups in total. The number of Topliss-reactive ketones (excluding diaryl/α,β-unsaturated/α-hetero) is 1. The molecule has 16 heavy (non-hydrogen) atoms. The quantitative estimate of drug-likeness (QED) is 0.790. The molecule has 0 radical (unpaired) electrons. The molecule has 0 fully saturated rings. The molecular weight excluding hydrogens is 200 g/mol. The minimum absolute atomic E-state index is 0.234. The van der Waals surface area contributed by atoms with Crippen LogP contribution in [0.25, 0.3) is 11.0 Å². The van der Waals surface area contributed by atoms with Gasteiger partial charge < -0.3 is 4.57 Å². The van der Waals surface area contributed by atoms with Gasteiger partial charge in [0.2, 0.25) is 0 Å². The number of rotatable bonds is 3. The lowest BCUT2D eigenvalue weighted by atomic mass is 10.1. The number of benzene rings is 1. The molecule has 0 amide bonds. The van der Waals surface area contributed by atoms with Crippen LogP contribution in [0.3, 0.4) is 0 Å². The van der Waals surface area contributed by atoms with E-state index in [0.717, 1.165) is 11.0 Å². The zero-order valence-electron chi connectivity index (χ0n) is 9.95. The van der Waals surface area contributed by atoms with Gasteiger partial charge in [-0.3, -0.25) is 4.79 Å². The summed E-state index contributed by atoms with van der Waals surface area (Å²) in [6, 6.07) is 4.16. The molecule has 2 aromatic rings. The van der Waals surface area contributed by atoms with Crippen molar-refractivity contribution in [3.8, 4) is 0 Å². The van der Waals surface area contributed by atoms with Crippen LogP contribution in [-0.4, -0.2) is 15.3 Å². The summed E-state index contributed by atoms with van der Waals surface area (Å²) in [5, 5.41) is 0. The molecule has 0 aliphatic carbocycles. The maximum atomic E-state index is 11.4. The second kappa shape index (κ2) is 4.08. The lowest BCUT2D eigenvalue weighted by molar-refractivity contribution is -0.119. The summed E-state index contributed by atoms with van der Waals surface area (Å²) in [5.74, 6) is 0.234. The molecular formula is C13H16N2O. The van der Waals surface area contributed by atoms with Crippen LogP contribution in [0.1, 0.15) is 24.5 Å². The minimum Gasteiger partial charge on any atom is -0.323 e. The number of aromatic nitrogens is 2. The number of fused-ring (bicyclic) bond motifs is 1. The van der Waals surface area contributed by atoms with E-state index in [1.807, 2.05) is 11.5 Å². The van der Waals surface area contributed by atoms with E-state index in [2.05, 4.69) is 31.0 Å². The number of hydrogen-bond donors (Lipinski definition) is 0. The first-order chi connectivity index (χ1) is 7.61. The highest BCUT2D eigenvalue weighted by atomic mass is 16.1. The fourth-order valence-corrected chi connectivity index (χ4v) is 1.74. The molecule has 0 saturated heterocycles. The van der Waals surface area contributed by atoms with Crippen molar-refractivity contribution in [3.63, 3.8) is 0 Å². The maximum absolute atomic E-state index is 11.4. The maximum Gasteiger partial charge on any atom is 0.152 e. The molecule has 0 aliphatic rings. The fourth-order valence-electron chi connectivity index (χ4n) is 1.74. The van der Waals surface area contributed by atoms with Gasteiger partial charge in [0.1, 0.15) is 0 Å². The van der Waals surface area contributed by atoms with E-state index >= 15 is 0 Å². The highest BCUT2D eigenvalue weighted by molar-refractivity contribution is 5.82. The first-order valence-electron chi connectivity index (χ1n) is 5.55. The van der Waals surface area contributed by atoms with Crippen molar-refractivity contribution >= 4 is 16.8 Å². The molecule has 3 nitrogen and oxygen atoms in total. The van der Waals surface area contributed by atoms with Crippen LogP contribution >= 0.6 is 0 Å². The van der Waals surface area contributed by atoms with Gasteiger partial charge in [0, 0.05) is 6.42 Å². The highest BCUT2D eigenvalue weighted by Crippen LogP contribution is 2.18. The van der Waals surface area contributed by atoms with Gasteiger partial charge in [0.15, 0.2) is 5.78 Å². The van der Waals surface area contributed by atoms with Gasteiger partial charge in [0.05, 0.1) is 23.9 Å². The van der Waals surface area contributed by atoms with Crippen LogP contribution in [0.15, 0.2) is 18.5 Å². The van der Waals surface area contributed by atoms with Crippen LogP contribution in [0.2, 0.25) is 0 Å². The second-order valence-electron chi connectivity index (χ2n) is 4.19. The third-order valence-electron chi connectivity index (χ3n) is 2.98. The number of aryl methyl sites for hydroxylation is 2. The fraction of sp³-hybridized carbons (Fsp3) is 0.385. The molecule has 84 valence electrons. The van der Waals surface area contributed by atoms with Crippen LogP contribution in [0.4, 0.5) is 0 Å². The van der Waals surface area contributed by atoms with E-state index in [0.29, 0.717) is 13.0 Å². The summed E-state index contributed by atoms with van der Waals surface area (Å²) in [6.45, 7) is 6.46. The number of carbonyl (C=O) groups is 1. The normalized spacial score (nSPS) is 10.9. The molecule has 0 unspecified atom stereocenters. The Bertz CT molecular complexity index is 540. The molecule has 0 spiro atoms. The Kier molecular flexibility index (Phi) is 2.77. The molecule has 3 heteroatoms. The number of imidazole rings is 1. The SMILES string of the molecule is CCC(=O)Cn1cnc2cc(C)c(C)cc21. The summed E-state index contributed by atoms with van der Waals surface area (Å²) in [6.07, 6.45) is 2.32. The Hall–Kier alpha value is -1.64. The highest BCUT2D eigenvalue weighted by Gasteiger charge is 2.07. The second-order valence-corrected chi connectivity index (χ2v) is 4.19. The monoisotopic (exact) mass is 216 g/mol. The Morgan fingerprint density at radius 1 is 1.31 bits per heavy atom. The number of ketones is 1. The predicted molar refractivity (Wildman–Crippen MR) is 64.5 cm³/mol. The largest absolute Gasteiger partial charge is 0.323 e. The Balaban J connectivity index is 2.48. The van der Waals surface area contributed by atoms with Crippen LogP contribution in [0, 0.1) is 13.8 Å². The molecule has 0 atom stereocenters. The van der Waals surface area contributed by atoms with Crippen molar-refractivity contribution in [2.24, 2.45) is 0 Å². The Morgan fingerprint density at radius 2 is 2.00 bits per heavy atom. The lowest BCUT2D eigenvalue weighted by Crippen LogP contribution is -2.07. The summed E-state index contributed by atoms with van der Waals surface area (Å²) in [4.78, 5) is 15.7. The summed E-state index contributed by atoms with van der Waals surface area (Å²) in [5.41, 5.74) is 4.48. The van der Waals surface area contributed by atoms with Crippen LogP contribution in [-0.2, 0) is 11.3 Å². The zero-order chi connectivity index (χ0) is 11.7. The third-order valence-corrected chi connectivity index (χ3v) is 2.98. The molecule has 1 aromatic heterocycles. The van der Waals surface area contributed by atoms with E-state index in [9.17, 15) is 4.79 Å². The van der Waals surface area contributed by atoms with E-state index in [-0.39, 0.29) is 5.78 Å². The van der Waals surface area contributed by atoms with Gasteiger partial charge in [-0.1, -0.05) is 6.92 Å². The molecule has 0 bridgehead atoms. The van der Waals surface area contributed by atoms with Crippen molar-refractivity contribution in [2.75, 3.05) is 0 Å². The van der Waals surface area contributed by atoms with Crippen molar-refractivity contribution in [1.82, 2.24) is 9.55 Å². The van der Waals surface area contributed by atoms with Gasteiger partial charge >= 0.3 is 0 Å². The summed E-state index contributed by atoms with van der Waals surface area (Å²) in [7, 11) is 0. The van der Waals surface area contributed by atoms with Gasteiger partial charge in [-0.2, -0.15) is 0 Å². The predicted octanol–water partition coefficient (Wildman–Crippen LogP) is 2.63. The third kappa shape index (κ3) is 1.85. The number of nitrogens with zero attached hydrogens (tertiary/aromatic N) is 2. The van der Waals surface area contributed by atoms with Crippen molar-refractivity contribution in [2.45, 2.75) is 33.7 Å². The van der Waals surface area contributed by atoms with Crippen molar-refractivity contribution in [3.05, 3.63) is 29.6 Å². The smallest absolute Gasteiger partial charge is 0.152 e. The molecule has 1 heterocycles. The Labute approximate surface area is 95.1 Å². The first-order valence-corrected chi connectivity index (χ1v) is 5.55. The van der Waals surface area contributed by atoms with Crippen LogP contribution < -0.4 is 0 Å². The Morgan fingerprint density at radius 3 is 2.69 bits per heavy atom.